The maximum Gasteiger partial charge on any atom is 0.343 e. The van der Waals surface area contributed by atoms with Gasteiger partial charge in [0.2, 0.25) is 0 Å². The lowest BCUT2D eigenvalue weighted by molar-refractivity contribution is -0.153. The SMILES string of the molecule is C=CC(=O)OC(=O)C(=CCCCS(=O)(=O)OCN(C)C)C(N)CC. The molecule has 0 heterocycles. The molecule has 0 aromatic rings. The van der Waals surface area contributed by atoms with Crippen LogP contribution in [0.15, 0.2) is 24.3 Å². The van der Waals surface area contributed by atoms with Gasteiger partial charge in [-0.1, -0.05) is 19.6 Å². The van der Waals surface area contributed by atoms with E-state index in [1.807, 2.05) is 0 Å². The predicted molar refractivity (Wildman–Crippen MR) is 90.3 cm³/mol. The second-order valence-electron chi connectivity index (χ2n) is 5.32. The second kappa shape index (κ2) is 11.1. The lowest BCUT2D eigenvalue weighted by Gasteiger charge is -2.13. The maximum atomic E-state index is 11.9. The Labute approximate surface area is 143 Å². The van der Waals surface area contributed by atoms with E-state index in [-0.39, 0.29) is 30.9 Å². The van der Waals surface area contributed by atoms with Crippen LogP contribution in [0.1, 0.15) is 26.2 Å². The van der Waals surface area contributed by atoms with Crippen LogP contribution >= 0.6 is 0 Å². The lowest BCUT2D eigenvalue weighted by atomic mass is 10.0. The number of rotatable bonds is 11. The number of allylic oxidation sites excluding steroid dienone is 1. The summed E-state index contributed by atoms with van der Waals surface area (Å²) >= 11 is 0. The largest absolute Gasteiger partial charge is 0.386 e. The molecule has 0 bridgehead atoms. The Hall–Kier alpha value is -1.55. The van der Waals surface area contributed by atoms with Crippen LogP contribution in [0.3, 0.4) is 0 Å². The Balaban J connectivity index is 4.69. The third-order valence-electron chi connectivity index (χ3n) is 2.89. The minimum atomic E-state index is -3.63. The summed E-state index contributed by atoms with van der Waals surface area (Å²) in [4.78, 5) is 24.6. The monoisotopic (exact) mass is 362 g/mol. The molecule has 0 rings (SSSR count). The number of nitrogens with two attached hydrogens (primary N) is 1. The minimum Gasteiger partial charge on any atom is -0.386 e. The zero-order valence-electron chi connectivity index (χ0n) is 14.4. The third kappa shape index (κ3) is 9.56. The fourth-order valence-corrected chi connectivity index (χ4v) is 2.57. The van der Waals surface area contributed by atoms with Gasteiger partial charge in [0.1, 0.15) is 6.73 Å². The molecule has 0 amide bonds. The number of nitrogens with zero attached hydrogens (tertiary/aromatic N) is 1. The van der Waals surface area contributed by atoms with E-state index in [9.17, 15) is 18.0 Å². The molecule has 0 saturated carbocycles. The molecule has 0 aliphatic rings. The van der Waals surface area contributed by atoms with Gasteiger partial charge in [-0.05, 0) is 33.4 Å². The number of ether oxygens (including phenoxy) is 1. The zero-order chi connectivity index (χ0) is 18.8. The van der Waals surface area contributed by atoms with Crippen molar-refractivity contribution in [2.75, 3.05) is 26.6 Å². The molecule has 24 heavy (non-hydrogen) atoms. The summed E-state index contributed by atoms with van der Waals surface area (Å²) in [6.45, 7) is 4.96. The van der Waals surface area contributed by atoms with Crippen molar-refractivity contribution in [2.45, 2.75) is 32.2 Å². The number of hydrogen-bond donors (Lipinski definition) is 1. The first-order valence-electron chi connectivity index (χ1n) is 7.49. The quantitative estimate of drug-likeness (QED) is 0.141. The maximum absolute atomic E-state index is 11.9. The average molecular weight is 362 g/mol. The highest BCUT2D eigenvalue weighted by atomic mass is 32.2. The lowest BCUT2D eigenvalue weighted by Crippen LogP contribution is -2.28. The Morgan fingerprint density at radius 1 is 1.33 bits per heavy atom. The summed E-state index contributed by atoms with van der Waals surface area (Å²) in [5, 5.41) is 0. The Bertz CT molecular complexity index is 569. The van der Waals surface area contributed by atoms with Gasteiger partial charge < -0.3 is 10.5 Å². The topological polar surface area (TPSA) is 116 Å². The molecular weight excluding hydrogens is 336 g/mol. The van der Waals surface area contributed by atoms with Crippen LogP contribution < -0.4 is 5.73 Å². The Kier molecular flexibility index (Phi) is 10.4. The first-order valence-corrected chi connectivity index (χ1v) is 9.06. The molecular formula is C15H26N2O6S. The highest BCUT2D eigenvalue weighted by Crippen LogP contribution is 2.10. The van der Waals surface area contributed by atoms with Crippen LogP contribution in [0.5, 0.6) is 0 Å². The van der Waals surface area contributed by atoms with Gasteiger partial charge in [0, 0.05) is 12.1 Å². The molecule has 2 N–H and O–H groups in total. The smallest absolute Gasteiger partial charge is 0.343 e. The van der Waals surface area contributed by atoms with Crippen molar-refractivity contribution in [1.29, 1.82) is 0 Å². The molecule has 0 fully saturated rings. The summed E-state index contributed by atoms with van der Waals surface area (Å²) < 4.78 is 32.6. The second-order valence-corrected chi connectivity index (χ2v) is 7.08. The first-order chi connectivity index (χ1) is 11.1. The van der Waals surface area contributed by atoms with Crippen molar-refractivity contribution >= 4 is 22.1 Å². The van der Waals surface area contributed by atoms with Crippen LogP contribution in [0.2, 0.25) is 0 Å². The van der Waals surface area contributed by atoms with Crippen molar-refractivity contribution in [2.24, 2.45) is 5.73 Å². The van der Waals surface area contributed by atoms with E-state index in [1.165, 1.54) is 6.08 Å². The van der Waals surface area contributed by atoms with Crippen LogP contribution in [-0.4, -0.2) is 57.9 Å². The van der Waals surface area contributed by atoms with E-state index >= 15 is 0 Å². The zero-order valence-corrected chi connectivity index (χ0v) is 15.2. The highest BCUT2D eigenvalue weighted by molar-refractivity contribution is 7.86. The predicted octanol–water partition coefficient (Wildman–Crippen LogP) is 0.552. The van der Waals surface area contributed by atoms with Crippen LogP contribution in [0, 0.1) is 0 Å². The number of hydrogen-bond acceptors (Lipinski definition) is 8. The van der Waals surface area contributed by atoms with E-state index in [2.05, 4.69) is 11.3 Å². The molecule has 1 unspecified atom stereocenters. The fourth-order valence-electron chi connectivity index (χ4n) is 1.56. The molecule has 0 aromatic heterocycles. The number of esters is 2. The van der Waals surface area contributed by atoms with Crippen LogP contribution in [0.25, 0.3) is 0 Å². The molecule has 0 aliphatic heterocycles. The summed E-state index contributed by atoms with van der Waals surface area (Å²) in [6, 6.07) is -0.600. The van der Waals surface area contributed by atoms with E-state index in [0.29, 0.717) is 6.42 Å². The molecule has 0 aliphatic carbocycles. The van der Waals surface area contributed by atoms with Crippen molar-refractivity contribution in [1.82, 2.24) is 4.90 Å². The van der Waals surface area contributed by atoms with Crippen molar-refractivity contribution < 1.29 is 26.9 Å². The summed E-state index contributed by atoms with van der Waals surface area (Å²) in [7, 11) is -0.255. The van der Waals surface area contributed by atoms with Gasteiger partial charge in [-0.25, -0.2) is 9.59 Å². The summed E-state index contributed by atoms with van der Waals surface area (Å²) in [6.07, 6.45) is 3.37. The van der Waals surface area contributed by atoms with E-state index in [0.717, 1.165) is 6.08 Å². The molecule has 138 valence electrons. The fraction of sp³-hybridized carbons (Fsp3) is 0.600. The van der Waals surface area contributed by atoms with Gasteiger partial charge in [0.05, 0.1) is 11.3 Å². The van der Waals surface area contributed by atoms with E-state index in [4.69, 9.17) is 9.92 Å². The average Bonchev–Trinajstić information content (AvgIpc) is 2.52. The summed E-state index contributed by atoms with van der Waals surface area (Å²) in [5.41, 5.74) is 5.97. The molecule has 9 heteroatoms. The number of unbranched alkanes of at least 4 members (excludes halogenated alkanes) is 1. The minimum absolute atomic E-state index is 0.0277. The van der Waals surface area contributed by atoms with Gasteiger partial charge in [0.25, 0.3) is 10.1 Å². The highest BCUT2D eigenvalue weighted by Gasteiger charge is 2.19. The molecule has 0 radical (unpaired) electrons. The van der Waals surface area contributed by atoms with Crippen molar-refractivity contribution in [3.8, 4) is 0 Å². The third-order valence-corrected chi connectivity index (χ3v) is 4.14. The van der Waals surface area contributed by atoms with E-state index in [1.54, 1.807) is 25.9 Å². The van der Waals surface area contributed by atoms with Gasteiger partial charge in [0.15, 0.2) is 0 Å². The number of carbonyl (C=O) groups is 2. The summed E-state index contributed by atoms with van der Waals surface area (Å²) in [5.74, 6) is -1.90. The van der Waals surface area contributed by atoms with Crippen LogP contribution in [0.4, 0.5) is 0 Å². The molecule has 0 spiro atoms. The van der Waals surface area contributed by atoms with Gasteiger partial charge >= 0.3 is 11.9 Å². The molecule has 8 nitrogen and oxygen atoms in total. The van der Waals surface area contributed by atoms with E-state index < -0.39 is 28.1 Å². The Morgan fingerprint density at radius 2 is 1.96 bits per heavy atom. The normalized spacial score (nSPS) is 13.6. The van der Waals surface area contributed by atoms with Crippen molar-refractivity contribution in [3.05, 3.63) is 24.3 Å². The van der Waals surface area contributed by atoms with Crippen molar-refractivity contribution in [3.63, 3.8) is 0 Å². The molecule has 0 aromatic carbocycles. The number of carbonyl (C=O) groups excluding carboxylic acids is 2. The van der Waals surface area contributed by atoms with Gasteiger partial charge in [-0.2, -0.15) is 8.42 Å². The van der Waals surface area contributed by atoms with Gasteiger partial charge in [-0.15, -0.1) is 0 Å². The molecule has 0 saturated heterocycles. The molecule has 1 atom stereocenters. The van der Waals surface area contributed by atoms with Crippen LogP contribution in [-0.2, 0) is 28.6 Å². The standard InChI is InChI=1S/C15H26N2O6S/c1-5-13(16)12(15(19)23-14(18)6-2)9-7-8-10-24(20,21)22-11-17(3)4/h6,9,13H,2,5,7-8,10-11,16H2,1,3-4H3. The van der Waals surface area contributed by atoms with Gasteiger partial charge in [-0.3, -0.25) is 9.08 Å². The Morgan fingerprint density at radius 3 is 2.46 bits per heavy atom. The first kappa shape index (κ1) is 22.4.